The van der Waals surface area contributed by atoms with Gasteiger partial charge in [-0.2, -0.15) is 0 Å². The fourth-order valence-corrected chi connectivity index (χ4v) is 3.90. The molecule has 1 saturated heterocycles. The molecule has 1 N–H and O–H groups in total. The van der Waals surface area contributed by atoms with Crippen molar-refractivity contribution in [2.75, 3.05) is 20.2 Å². The van der Waals surface area contributed by atoms with E-state index in [0.717, 1.165) is 48.3 Å². The molecule has 1 aliphatic rings. The first kappa shape index (κ1) is 19.9. The van der Waals surface area contributed by atoms with E-state index < -0.39 is 0 Å². The summed E-state index contributed by atoms with van der Waals surface area (Å²) in [5, 5.41) is 3.17. The van der Waals surface area contributed by atoms with E-state index in [1.54, 1.807) is 7.11 Å². The van der Waals surface area contributed by atoms with E-state index >= 15 is 0 Å². The van der Waals surface area contributed by atoms with Crippen LogP contribution in [-0.2, 0) is 11.3 Å². The molecule has 0 bridgehead atoms. The van der Waals surface area contributed by atoms with E-state index in [1.807, 2.05) is 31.2 Å². The number of nitrogens with zero attached hydrogens (tertiary/aromatic N) is 1. The van der Waals surface area contributed by atoms with Gasteiger partial charge >= 0.3 is 0 Å². The van der Waals surface area contributed by atoms with Crippen molar-refractivity contribution in [1.82, 2.24) is 10.2 Å². The maximum absolute atomic E-state index is 12.7. The van der Waals surface area contributed by atoms with Gasteiger partial charge < -0.3 is 10.1 Å². The lowest BCUT2D eigenvalue weighted by molar-refractivity contribution is -0.127. The maximum atomic E-state index is 12.7. The molecule has 0 saturated carbocycles. The fourth-order valence-electron chi connectivity index (χ4n) is 3.63. The molecular weight excluding hydrogens is 404 g/mol. The minimum atomic E-state index is -0.0607. The van der Waals surface area contributed by atoms with Gasteiger partial charge in [0, 0.05) is 22.5 Å². The molecule has 3 rings (SSSR count). The van der Waals surface area contributed by atoms with Gasteiger partial charge in [0.25, 0.3) is 0 Å². The Morgan fingerprint density at radius 2 is 1.85 bits per heavy atom. The summed E-state index contributed by atoms with van der Waals surface area (Å²) in [6.45, 7) is 4.87. The minimum Gasteiger partial charge on any atom is -0.496 e. The monoisotopic (exact) mass is 430 g/mol. The zero-order valence-electron chi connectivity index (χ0n) is 16.0. The molecule has 1 atom stereocenters. The third kappa shape index (κ3) is 5.33. The van der Waals surface area contributed by atoms with Crippen molar-refractivity contribution >= 4 is 21.8 Å². The molecule has 27 heavy (non-hydrogen) atoms. The van der Waals surface area contributed by atoms with Gasteiger partial charge in [-0.25, -0.2) is 0 Å². The van der Waals surface area contributed by atoms with Crippen LogP contribution in [0.1, 0.15) is 36.9 Å². The first-order valence-electron chi connectivity index (χ1n) is 9.47. The number of benzene rings is 2. The number of methoxy groups -OCH3 is 1. The van der Waals surface area contributed by atoms with Crippen LogP contribution in [0, 0.1) is 5.92 Å². The molecule has 0 spiro atoms. The van der Waals surface area contributed by atoms with Gasteiger partial charge in [-0.05, 0) is 56.6 Å². The zero-order valence-corrected chi connectivity index (χ0v) is 17.5. The average molecular weight is 431 g/mol. The van der Waals surface area contributed by atoms with Crippen molar-refractivity contribution in [1.29, 1.82) is 0 Å². The van der Waals surface area contributed by atoms with E-state index in [1.165, 1.54) is 5.56 Å². The molecule has 2 aromatic rings. The van der Waals surface area contributed by atoms with E-state index in [9.17, 15) is 4.79 Å². The van der Waals surface area contributed by atoms with Gasteiger partial charge in [0.1, 0.15) is 5.75 Å². The molecule has 1 amide bonds. The highest BCUT2D eigenvalue weighted by molar-refractivity contribution is 9.10. The molecule has 2 aromatic carbocycles. The van der Waals surface area contributed by atoms with E-state index in [4.69, 9.17) is 4.74 Å². The van der Waals surface area contributed by atoms with Crippen LogP contribution in [-0.4, -0.2) is 31.0 Å². The fraction of sp³-hybridized carbons (Fsp3) is 0.409. The summed E-state index contributed by atoms with van der Waals surface area (Å²) < 4.78 is 6.51. The Morgan fingerprint density at radius 3 is 2.52 bits per heavy atom. The van der Waals surface area contributed by atoms with Crippen LogP contribution < -0.4 is 10.1 Å². The zero-order chi connectivity index (χ0) is 19.2. The van der Waals surface area contributed by atoms with Crippen LogP contribution in [0.15, 0.2) is 53.0 Å². The summed E-state index contributed by atoms with van der Waals surface area (Å²) in [6.07, 6.45) is 1.81. The molecular formula is C22H27BrN2O2. The predicted octanol–water partition coefficient (Wildman–Crippen LogP) is 4.55. The Kier molecular flexibility index (Phi) is 6.91. The second-order valence-corrected chi connectivity index (χ2v) is 8.06. The highest BCUT2D eigenvalue weighted by Crippen LogP contribution is 2.26. The molecule has 0 radical (unpaired) electrons. The number of hydrogen-bond acceptors (Lipinski definition) is 3. The van der Waals surface area contributed by atoms with E-state index in [0.29, 0.717) is 0 Å². The van der Waals surface area contributed by atoms with Gasteiger partial charge in [-0.3, -0.25) is 9.69 Å². The van der Waals surface area contributed by atoms with Crippen LogP contribution in [0.4, 0.5) is 0 Å². The lowest BCUT2D eigenvalue weighted by atomic mass is 9.94. The molecule has 0 aromatic heterocycles. The summed E-state index contributed by atoms with van der Waals surface area (Å²) in [6, 6.07) is 16.2. The first-order valence-corrected chi connectivity index (χ1v) is 10.3. The first-order chi connectivity index (χ1) is 13.1. The number of carbonyl (C=O) groups excluding carboxylic acids is 1. The Hall–Kier alpha value is -1.85. The number of hydrogen-bond donors (Lipinski definition) is 1. The van der Waals surface area contributed by atoms with Crippen molar-refractivity contribution in [3.63, 3.8) is 0 Å². The minimum absolute atomic E-state index is 0.0607. The molecule has 144 valence electrons. The van der Waals surface area contributed by atoms with Crippen molar-refractivity contribution in [2.45, 2.75) is 32.4 Å². The molecule has 1 aliphatic heterocycles. The van der Waals surface area contributed by atoms with Gasteiger partial charge in [0.2, 0.25) is 5.91 Å². The number of likely N-dealkylation sites (tertiary alicyclic amines) is 1. The van der Waals surface area contributed by atoms with Crippen LogP contribution in [0.2, 0.25) is 0 Å². The van der Waals surface area contributed by atoms with Crippen molar-refractivity contribution < 1.29 is 9.53 Å². The van der Waals surface area contributed by atoms with Gasteiger partial charge in [-0.1, -0.05) is 46.3 Å². The van der Waals surface area contributed by atoms with Crippen molar-refractivity contribution in [2.24, 2.45) is 5.92 Å². The van der Waals surface area contributed by atoms with Gasteiger partial charge in [-0.15, -0.1) is 0 Å². The van der Waals surface area contributed by atoms with Crippen molar-refractivity contribution in [3.8, 4) is 5.75 Å². The van der Waals surface area contributed by atoms with E-state index in [-0.39, 0.29) is 17.9 Å². The molecule has 1 fully saturated rings. The summed E-state index contributed by atoms with van der Waals surface area (Å²) in [5.74, 6) is 1.05. The lowest BCUT2D eigenvalue weighted by Gasteiger charge is -2.32. The van der Waals surface area contributed by atoms with Gasteiger partial charge in [0.15, 0.2) is 0 Å². The third-order valence-corrected chi connectivity index (χ3v) is 5.77. The molecule has 0 unspecified atom stereocenters. The van der Waals surface area contributed by atoms with Crippen LogP contribution in [0.3, 0.4) is 0 Å². The Balaban J connectivity index is 1.50. The number of halogens is 1. The maximum Gasteiger partial charge on any atom is 0.223 e. The normalized spacial score (nSPS) is 16.7. The summed E-state index contributed by atoms with van der Waals surface area (Å²) in [7, 11) is 1.66. The second-order valence-electron chi connectivity index (χ2n) is 7.15. The number of carbonyl (C=O) groups is 1. The summed E-state index contributed by atoms with van der Waals surface area (Å²) in [5.41, 5.74) is 2.33. The number of ether oxygens (including phenoxy) is 1. The lowest BCUT2D eigenvalue weighted by Crippen LogP contribution is -2.40. The molecule has 5 heteroatoms. The van der Waals surface area contributed by atoms with E-state index in [2.05, 4.69) is 50.4 Å². The number of rotatable bonds is 6. The number of para-hydroxylation sites is 1. The van der Waals surface area contributed by atoms with Crippen LogP contribution in [0.5, 0.6) is 5.75 Å². The Labute approximate surface area is 170 Å². The topological polar surface area (TPSA) is 41.6 Å². The van der Waals surface area contributed by atoms with Gasteiger partial charge in [0.05, 0.1) is 13.2 Å². The Morgan fingerprint density at radius 1 is 1.19 bits per heavy atom. The molecule has 0 aliphatic carbocycles. The smallest absolute Gasteiger partial charge is 0.223 e. The summed E-state index contributed by atoms with van der Waals surface area (Å²) >= 11 is 3.47. The molecule has 4 nitrogen and oxygen atoms in total. The largest absolute Gasteiger partial charge is 0.496 e. The predicted molar refractivity (Wildman–Crippen MR) is 112 cm³/mol. The standard InChI is InChI=1S/C22H27BrN2O2/c1-16(20-5-3-4-6-21(20)27-2)24-22(26)18-11-13-25(14-12-18)15-17-7-9-19(23)10-8-17/h3-10,16,18H,11-15H2,1-2H3,(H,24,26)/t16-/m1/s1. The molecule has 1 heterocycles. The van der Waals surface area contributed by atoms with Crippen molar-refractivity contribution in [3.05, 3.63) is 64.1 Å². The van der Waals surface area contributed by atoms with Crippen LogP contribution in [0.25, 0.3) is 0 Å². The highest BCUT2D eigenvalue weighted by atomic mass is 79.9. The number of amides is 1. The number of nitrogens with one attached hydrogen (secondary N) is 1. The third-order valence-electron chi connectivity index (χ3n) is 5.24. The number of piperidine rings is 1. The Bertz CT molecular complexity index is 755. The average Bonchev–Trinajstić information content (AvgIpc) is 2.70. The quantitative estimate of drug-likeness (QED) is 0.730. The highest BCUT2D eigenvalue weighted by Gasteiger charge is 2.26. The second kappa shape index (κ2) is 9.38. The van der Waals surface area contributed by atoms with Crippen LogP contribution >= 0.6 is 15.9 Å². The SMILES string of the molecule is COc1ccccc1[C@@H](C)NC(=O)C1CCN(Cc2ccc(Br)cc2)CC1. The summed E-state index contributed by atoms with van der Waals surface area (Å²) in [4.78, 5) is 15.1.